The third-order valence-electron chi connectivity index (χ3n) is 6.17. The molecule has 1 unspecified atom stereocenters. The number of allylic oxidation sites excluding steroid dienone is 3. The molecule has 188 valence electrons. The summed E-state index contributed by atoms with van der Waals surface area (Å²) in [5.74, 6) is -0.677. The van der Waals surface area contributed by atoms with Crippen molar-refractivity contribution in [1.82, 2.24) is 0 Å². The Kier molecular flexibility index (Phi) is 25.3. The highest BCUT2D eigenvalue weighted by Crippen LogP contribution is 2.13. The van der Waals surface area contributed by atoms with Crippen LogP contribution in [-0.4, -0.2) is 22.3 Å². The third kappa shape index (κ3) is 26.9. The zero-order valence-corrected chi connectivity index (χ0v) is 21.2. The van der Waals surface area contributed by atoms with E-state index in [0.717, 1.165) is 44.9 Å². The minimum absolute atomic E-state index is 0.193. The van der Waals surface area contributed by atoms with Crippen molar-refractivity contribution in [2.75, 3.05) is 0 Å². The molecule has 3 nitrogen and oxygen atoms in total. The second-order valence-electron chi connectivity index (χ2n) is 9.45. The standard InChI is InChI=1S/C29H54O3/c1-2-3-4-5-6-7-8-9-10-11-13-16-19-22-25-28(30)26-23-20-17-14-12-15-18-21-24-27-29(31)32/h11,13,19,22,28,30H,2-10,12,14-18,20-21,23-27H2,1H3,(H,31,32). The molecule has 2 N–H and O–H groups in total. The van der Waals surface area contributed by atoms with Crippen LogP contribution in [0.25, 0.3) is 0 Å². The number of hydrogen-bond acceptors (Lipinski definition) is 2. The Morgan fingerprint density at radius 2 is 1.16 bits per heavy atom. The van der Waals surface area contributed by atoms with Gasteiger partial charge >= 0.3 is 5.97 Å². The van der Waals surface area contributed by atoms with Crippen LogP contribution in [0.3, 0.4) is 0 Å². The summed E-state index contributed by atoms with van der Waals surface area (Å²) in [6.45, 7) is 2.27. The van der Waals surface area contributed by atoms with Gasteiger partial charge in [-0.05, 0) is 38.5 Å². The number of aliphatic hydroxyl groups excluding tert-OH is 1. The fourth-order valence-electron chi connectivity index (χ4n) is 4.05. The summed E-state index contributed by atoms with van der Waals surface area (Å²) in [6, 6.07) is 0. The quantitative estimate of drug-likeness (QED) is 0.108. The molecule has 0 rings (SSSR count). The van der Waals surface area contributed by atoms with Crippen LogP contribution in [0.2, 0.25) is 0 Å². The van der Waals surface area contributed by atoms with Crippen molar-refractivity contribution in [2.24, 2.45) is 0 Å². The van der Waals surface area contributed by atoms with Gasteiger partial charge in [-0.15, -0.1) is 0 Å². The van der Waals surface area contributed by atoms with E-state index in [9.17, 15) is 9.90 Å². The third-order valence-corrected chi connectivity index (χ3v) is 6.17. The van der Waals surface area contributed by atoms with Crippen molar-refractivity contribution in [2.45, 2.75) is 154 Å². The maximum atomic E-state index is 10.4. The van der Waals surface area contributed by atoms with Crippen molar-refractivity contribution in [3.05, 3.63) is 24.3 Å². The van der Waals surface area contributed by atoms with E-state index < -0.39 is 5.97 Å². The number of carbonyl (C=O) groups is 1. The topological polar surface area (TPSA) is 57.5 Å². The van der Waals surface area contributed by atoms with Gasteiger partial charge in [0.2, 0.25) is 0 Å². The van der Waals surface area contributed by atoms with Crippen LogP contribution in [0.1, 0.15) is 148 Å². The Labute approximate surface area is 199 Å². The van der Waals surface area contributed by atoms with Gasteiger partial charge in [0, 0.05) is 6.42 Å². The first-order chi connectivity index (χ1) is 15.7. The van der Waals surface area contributed by atoms with E-state index in [-0.39, 0.29) is 6.10 Å². The van der Waals surface area contributed by atoms with Crippen LogP contribution in [0.4, 0.5) is 0 Å². The van der Waals surface area contributed by atoms with Gasteiger partial charge in [-0.3, -0.25) is 4.79 Å². The Bertz CT molecular complexity index is 442. The fraction of sp³-hybridized carbons (Fsp3) is 0.828. The molecule has 32 heavy (non-hydrogen) atoms. The average molecular weight is 451 g/mol. The number of carboxylic acid groups (broad SMARTS) is 1. The normalized spacial score (nSPS) is 12.8. The van der Waals surface area contributed by atoms with Crippen LogP contribution >= 0.6 is 0 Å². The molecule has 0 spiro atoms. The van der Waals surface area contributed by atoms with Gasteiger partial charge in [-0.2, -0.15) is 0 Å². The van der Waals surface area contributed by atoms with Crippen LogP contribution in [0.15, 0.2) is 24.3 Å². The van der Waals surface area contributed by atoms with Crippen molar-refractivity contribution in [3.8, 4) is 0 Å². The summed E-state index contributed by atoms with van der Waals surface area (Å²) >= 11 is 0. The van der Waals surface area contributed by atoms with E-state index in [0.29, 0.717) is 6.42 Å². The highest BCUT2D eigenvalue weighted by atomic mass is 16.4. The predicted octanol–water partition coefficient (Wildman–Crippen LogP) is 9.15. The second kappa shape index (κ2) is 26.2. The van der Waals surface area contributed by atoms with Crippen molar-refractivity contribution >= 4 is 5.97 Å². The number of rotatable bonds is 25. The highest BCUT2D eigenvalue weighted by molar-refractivity contribution is 5.66. The number of aliphatic carboxylic acids is 1. The molecule has 3 heteroatoms. The zero-order chi connectivity index (χ0) is 23.5. The van der Waals surface area contributed by atoms with Crippen molar-refractivity contribution < 1.29 is 15.0 Å². The maximum absolute atomic E-state index is 10.4. The molecule has 0 radical (unpaired) electrons. The van der Waals surface area contributed by atoms with Gasteiger partial charge < -0.3 is 10.2 Å². The Balaban J connectivity index is 3.31. The number of unbranched alkanes of at least 4 members (excludes halogenated alkanes) is 16. The number of hydrogen-bond donors (Lipinski definition) is 2. The monoisotopic (exact) mass is 450 g/mol. The number of aliphatic hydroxyl groups is 1. The molecule has 0 amide bonds. The molecular weight excluding hydrogens is 396 g/mol. The van der Waals surface area contributed by atoms with Crippen molar-refractivity contribution in [3.63, 3.8) is 0 Å². The molecule has 0 aromatic carbocycles. The minimum Gasteiger partial charge on any atom is -0.481 e. The first-order valence-electron chi connectivity index (χ1n) is 13.9. The van der Waals surface area contributed by atoms with E-state index >= 15 is 0 Å². The molecule has 0 saturated carbocycles. The van der Waals surface area contributed by atoms with Crippen LogP contribution in [-0.2, 0) is 4.79 Å². The van der Waals surface area contributed by atoms with E-state index in [1.54, 1.807) is 0 Å². The predicted molar refractivity (Wildman–Crippen MR) is 139 cm³/mol. The minimum atomic E-state index is -0.677. The SMILES string of the molecule is CCCCCCCCCCC=CCC=CCC(O)CCCCCCCCCCCC(=O)O. The molecule has 0 bridgehead atoms. The first-order valence-corrected chi connectivity index (χ1v) is 13.9. The van der Waals surface area contributed by atoms with Crippen LogP contribution < -0.4 is 0 Å². The Morgan fingerprint density at radius 3 is 1.75 bits per heavy atom. The molecule has 0 fully saturated rings. The lowest BCUT2D eigenvalue weighted by Gasteiger charge is -2.07. The summed E-state index contributed by atoms with van der Waals surface area (Å²) in [6.07, 6.45) is 34.3. The van der Waals surface area contributed by atoms with Gasteiger partial charge in [-0.25, -0.2) is 0 Å². The summed E-state index contributed by atoms with van der Waals surface area (Å²) in [7, 11) is 0. The summed E-state index contributed by atoms with van der Waals surface area (Å²) in [5.41, 5.74) is 0. The van der Waals surface area contributed by atoms with Gasteiger partial charge in [-0.1, -0.05) is 128 Å². The highest BCUT2D eigenvalue weighted by Gasteiger charge is 2.01. The average Bonchev–Trinajstić information content (AvgIpc) is 2.77. The lowest BCUT2D eigenvalue weighted by atomic mass is 10.0. The first kappa shape index (κ1) is 30.9. The zero-order valence-electron chi connectivity index (χ0n) is 21.2. The molecule has 0 aromatic heterocycles. The van der Waals surface area contributed by atoms with Gasteiger partial charge in [0.1, 0.15) is 0 Å². The van der Waals surface area contributed by atoms with Crippen LogP contribution in [0.5, 0.6) is 0 Å². The second-order valence-corrected chi connectivity index (χ2v) is 9.45. The lowest BCUT2D eigenvalue weighted by Crippen LogP contribution is -2.04. The molecule has 0 aliphatic carbocycles. The largest absolute Gasteiger partial charge is 0.481 e. The maximum Gasteiger partial charge on any atom is 0.303 e. The van der Waals surface area contributed by atoms with Crippen LogP contribution in [0, 0.1) is 0 Å². The molecule has 0 aliphatic heterocycles. The Hall–Kier alpha value is -1.09. The fourth-order valence-corrected chi connectivity index (χ4v) is 4.05. The molecule has 0 aliphatic rings. The smallest absolute Gasteiger partial charge is 0.303 e. The van der Waals surface area contributed by atoms with Gasteiger partial charge in [0.15, 0.2) is 0 Å². The molecular formula is C29H54O3. The number of carboxylic acids is 1. The van der Waals surface area contributed by atoms with Crippen molar-refractivity contribution in [1.29, 1.82) is 0 Å². The summed E-state index contributed by atoms with van der Waals surface area (Å²) < 4.78 is 0. The van der Waals surface area contributed by atoms with Gasteiger partial charge in [0.05, 0.1) is 6.10 Å². The Morgan fingerprint density at radius 1 is 0.656 bits per heavy atom. The van der Waals surface area contributed by atoms with E-state index in [1.807, 2.05) is 0 Å². The molecule has 1 atom stereocenters. The molecule has 0 saturated heterocycles. The summed E-state index contributed by atoms with van der Waals surface area (Å²) in [5, 5.41) is 18.7. The van der Waals surface area contributed by atoms with E-state index in [4.69, 9.17) is 5.11 Å². The van der Waals surface area contributed by atoms with E-state index in [1.165, 1.54) is 89.9 Å². The van der Waals surface area contributed by atoms with Gasteiger partial charge in [0.25, 0.3) is 0 Å². The summed E-state index contributed by atoms with van der Waals surface area (Å²) in [4.78, 5) is 10.4. The lowest BCUT2D eigenvalue weighted by molar-refractivity contribution is -0.137. The van der Waals surface area contributed by atoms with E-state index in [2.05, 4.69) is 31.2 Å². The molecule has 0 heterocycles. The molecule has 0 aromatic rings.